The number of carbonyl (C=O) groups excluding carboxylic acids is 2. The van der Waals surface area contributed by atoms with E-state index in [2.05, 4.69) is 10.6 Å². The fourth-order valence-electron chi connectivity index (χ4n) is 3.19. The molecule has 0 aliphatic carbocycles. The molecule has 2 aliphatic rings. The van der Waals surface area contributed by atoms with Crippen molar-refractivity contribution in [3.8, 4) is 11.5 Å². The number of amides is 3. The van der Waals surface area contributed by atoms with Gasteiger partial charge >= 0.3 is 6.03 Å². The molecule has 0 aromatic heterocycles. The Morgan fingerprint density at radius 3 is 2.85 bits per heavy atom. The summed E-state index contributed by atoms with van der Waals surface area (Å²) >= 11 is 0. The lowest BCUT2D eigenvalue weighted by atomic mass is 10.1. The molecule has 140 valence electrons. The number of ether oxygens (including phenoxy) is 2. The zero-order chi connectivity index (χ0) is 18.8. The van der Waals surface area contributed by atoms with E-state index in [0.717, 1.165) is 5.69 Å². The predicted octanol–water partition coefficient (Wildman–Crippen LogP) is 2.73. The van der Waals surface area contributed by atoms with Gasteiger partial charge < -0.3 is 25.0 Å². The zero-order valence-corrected chi connectivity index (χ0v) is 14.4. The van der Waals surface area contributed by atoms with Gasteiger partial charge in [0.15, 0.2) is 11.5 Å². The van der Waals surface area contributed by atoms with Crippen molar-refractivity contribution in [3.63, 3.8) is 0 Å². The second-order valence-electron chi connectivity index (χ2n) is 6.43. The number of benzene rings is 2. The van der Waals surface area contributed by atoms with Crippen molar-refractivity contribution in [1.29, 1.82) is 0 Å². The summed E-state index contributed by atoms with van der Waals surface area (Å²) in [5.74, 6) is 0.724. The number of halogens is 1. The molecular formula is C19H18FN3O4. The van der Waals surface area contributed by atoms with Crippen molar-refractivity contribution in [2.75, 3.05) is 30.1 Å². The minimum atomic E-state index is -0.505. The number of carbonyl (C=O) groups is 2. The summed E-state index contributed by atoms with van der Waals surface area (Å²) in [4.78, 5) is 26.0. The van der Waals surface area contributed by atoms with E-state index in [-0.39, 0.29) is 24.3 Å². The smallest absolute Gasteiger partial charge is 0.319 e. The molecule has 27 heavy (non-hydrogen) atoms. The Balaban J connectivity index is 1.33. The van der Waals surface area contributed by atoms with Crippen molar-refractivity contribution in [3.05, 3.63) is 48.3 Å². The third-order valence-corrected chi connectivity index (χ3v) is 4.55. The number of para-hydroxylation sites is 1. The average Bonchev–Trinajstić information content (AvgIpc) is 3.27. The Hall–Kier alpha value is -3.29. The minimum Gasteiger partial charge on any atom is -0.454 e. The first-order valence-electron chi connectivity index (χ1n) is 8.59. The predicted molar refractivity (Wildman–Crippen MR) is 96.4 cm³/mol. The summed E-state index contributed by atoms with van der Waals surface area (Å²) < 4.78 is 24.2. The molecule has 3 amide bonds. The number of urea groups is 1. The van der Waals surface area contributed by atoms with E-state index in [1.54, 1.807) is 29.2 Å². The van der Waals surface area contributed by atoms with Gasteiger partial charge in [0, 0.05) is 37.2 Å². The van der Waals surface area contributed by atoms with Gasteiger partial charge in [-0.15, -0.1) is 0 Å². The molecule has 0 spiro atoms. The topological polar surface area (TPSA) is 79.9 Å². The average molecular weight is 371 g/mol. The third kappa shape index (κ3) is 3.64. The van der Waals surface area contributed by atoms with Crippen LogP contribution in [-0.2, 0) is 4.79 Å². The van der Waals surface area contributed by atoms with Crippen LogP contribution in [-0.4, -0.2) is 31.8 Å². The summed E-state index contributed by atoms with van der Waals surface area (Å²) in [7, 11) is 0. The van der Waals surface area contributed by atoms with Gasteiger partial charge in [-0.05, 0) is 24.3 Å². The highest BCUT2D eigenvalue weighted by molar-refractivity contribution is 5.96. The maximum Gasteiger partial charge on any atom is 0.319 e. The van der Waals surface area contributed by atoms with E-state index in [4.69, 9.17) is 9.47 Å². The Labute approximate surface area is 155 Å². The summed E-state index contributed by atoms with van der Waals surface area (Å²) in [6.45, 7) is 0.974. The molecule has 8 heteroatoms. The monoisotopic (exact) mass is 371 g/mol. The lowest BCUT2D eigenvalue weighted by molar-refractivity contribution is -0.117. The van der Waals surface area contributed by atoms with Gasteiger partial charge in [-0.2, -0.15) is 0 Å². The van der Waals surface area contributed by atoms with E-state index in [1.165, 1.54) is 12.1 Å². The Kier molecular flexibility index (Phi) is 4.53. The van der Waals surface area contributed by atoms with Gasteiger partial charge in [0.25, 0.3) is 0 Å². The molecule has 1 fully saturated rings. The quantitative estimate of drug-likeness (QED) is 0.866. The standard InChI is InChI=1S/C19H18FN3O4/c20-14-3-1-2-4-15(14)22-19(25)21-9-12-7-18(24)23(10-12)13-5-6-16-17(8-13)27-11-26-16/h1-6,8,12H,7,9-11H2,(H2,21,22,25)/t12-/m0/s1. The summed E-state index contributed by atoms with van der Waals surface area (Å²) in [5, 5.41) is 5.16. The molecule has 2 aliphatic heterocycles. The van der Waals surface area contributed by atoms with Crippen LogP contribution >= 0.6 is 0 Å². The lowest BCUT2D eigenvalue weighted by Crippen LogP contribution is -2.34. The Bertz CT molecular complexity index is 889. The van der Waals surface area contributed by atoms with Crippen molar-refractivity contribution in [1.82, 2.24) is 5.32 Å². The van der Waals surface area contributed by atoms with Gasteiger partial charge in [0.05, 0.1) is 5.69 Å². The number of nitrogens with zero attached hydrogens (tertiary/aromatic N) is 1. The molecule has 2 aromatic carbocycles. The van der Waals surface area contributed by atoms with Crippen LogP contribution in [0.15, 0.2) is 42.5 Å². The van der Waals surface area contributed by atoms with Crippen LogP contribution in [0.25, 0.3) is 0 Å². The number of anilines is 2. The summed E-state index contributed by atoms with van der Waals surface area (Å²) in [6.07, 6.45) is 0.328. The van der Waals surface area contributed by atoms with E-state index < -0.39 is 11.8 Å². The van der Waals surface area contributed by atoms with Crippen LogP contribution in [0, 0.1) is 11.7 Å². The largest absolute Gasteiger partial charge is 0.454 e. The summed E-state index contributed by atoms with van der Waals surface area (Å²) in [5.41, 5.74) is 0.849. The van der Waals surface area contributed by atoms with E-state index in [0.29, 0.717) is 31.0 Å². The molecule has 7 nitrogen and oxygen atoms in total. The highest BCUT2D eigenvalue weighted by atomic mass is 19.1. The normalized spacial score (nSPS) is 17.9. The molecular weight excluding hydrogens is 353 g/mol. The minimum absolute atomic E-state index is 0.0184. The molecule has 1 saturated heterocycles. The highest BCUT2D eigenvalue weighted by Gasteiger charge is 2.31. The van der Waals surface area contributed by atoms with Crippen LogP contribution < -0.4 is 25.0 Å². The molecule has 0 bridgehead atoms. The fourth-order valence-corrected chi connectivity index (χ4v) is 3.19. The summed E-state index contributed by atoms with van der Waals surface area (Å²) in [6, 6.07) is 10.8. The highest BCUT2D eigenvalue weighted by Crippen LogP contribution is 2.37. The number of rotatable bonds is 4. The van der Waals surface area contributed by atoms with E-state index >= 15 is 0 Å². The second kappa shape index (κ2) is 7.14. The second-order valence-corrected chi connectivity index (χ2v) is 6.43. The first-order chi connectivity index (χ1) is 13.1. The van der Waals surface area contributed by atoms with Crippen LogP contribution in [0.2, 0.25) is 0 Å². The van der Waals surface area contributed by atoms with Crippen LogP contribution in [0.5, 0.6) is 11.5 Å². The van der Waals surface area contributed by atoms with E-state index in [9.17, 15) is 14.0 Å². The number of hydrogen-bond donors (Lipinski definition) is 2. The number of nitrogens with one attached hydrogen (secondary N) is 2. The first kappa shape index (κ1) is 17.1. The van der Waals surface area contributed by atoms with Gasteiger partial charge in [-0.3, -0.25) is 4.79 Å². The van der Waals surface area contributed by atoms with Crippen molar-refractivity contribution in [2.24, 2.45) is 5.92 Å². The van der Waals surface area contributed by atoms with Crippen molar-refractivity contribution < 1.29 is 23.5 Å². The SMILES string of the molecule is O=C(NC[C@@H]1CC(=O)N(c2ccc3c(c2)OCO3)C1)Nc1ccccc1F. The molecule has 4 rings (SSSR count). The Morgan fingerprint density at radius 1 is 1.19 bits per heavy atom. The van der Waals surface area contributed by atoms with Crippen LogP contribution in [0.4, 0.5) is 20.6 Å². The number of hydrogen-bond acceptors (Lipinski definition) is 4. The third-order valence-electron chi connectivity index (χ3n) is 4.55. The van der Waals surface area contributed by atoms with Crippen molar-refractivity contribution in [2.45, 2.75) is 6.42 Å². The fraction of sp³-hybridized carbons (Fsp3) is 0.263. The van der Waals surface area contributed by atoms with Crippen molar-refractivity contribution >= 4 is 23.3 Å². The molecule has 1 atom stereocenters. The maximum atomic E-state index is 13.6. The molecule has 0 saturated carbocycles. The van der Waals surface area contributed by atoms with Crippen LogP contribution in [0.3, 0.4) is 0 Å². The number of fused-ring (bicyclic) bond motifs is 1. The van der Waals surface area contributed by atoms with Gasteiger partial charge in [0.2, 0.25) is 12.7 Å². The Morgan fingerprint density at radius 2 is 2.00 bits per heavy atom. The van der Waals surface area contributed by atoms with Gasteiger partial charge in [-0.1, -0.05) is 12.1 Å². The first-order valence-corrected chi connectivity index (χ1v) is 8.59. The van der Waals surface area contributed by atoms with E-state index in [1.807, 2.05) is 6.07 Å². The van der Waals surface area contributed by atoms with Gasteiger partial charge in [-0.25, -0.2) is 9.18 Å². The van der Waals surface area contributed by atoms with Gasteiger partial charge in [0.1, 0.15) is 5.82 Å². The molecule has 2 N–H and O–H groups in total. The molecule has 0 unspecified atom stereocenters. The molecule has 2 aromatic rings. The zero-order valence-electron chi connectivity index (χ0n) is 14.4. The van der Waals surface area contributed by atoms with Crippen LogP contribution in [0.1, 0.15) is 6.42 Å². The lowest BCUT2D eigenvalue weighted by Gasteiger charge is -2.17. The molecule has 2 heterocycles. The maximum absolute atomic E-state index is 13.6. The molecule has 0 radical (unpaired) electrons.